The lowest BCUT2D eigenvalue weighted by atomic mass is 10.1. The highest BCUT2D eigenvalue weighted by atomic mass is 14.8. The van der Waals surface area contributed by atoms with Crippen molar-refractivity contribution in [2.75, 3.05) is 13.1 Å². The second kappa shape index (κ2) is 11.7. The molecular formula is C12H25N. The molecule has 0 spiro atoms. The van der Waals surface area contributed by atoms with Crippen molar-refractivity contribution in [3.05, 3.63) is 12.7 Å². The monoisotopic (exact) mass is 183 g/mol. The summed E-state index contributed by atoms with van der Waals surface area (Å²) < 4.78 is 0. The van der Waals surface area contributed by atoms with Crippen LogP contribution in [0, 0.1) is 0 Å². The summed E-state index contributed by atoms with van der Waals surface area (Å²) >= 11 is 0. The van der Waals surface area contributed by atoms with Crippen molar-refractivity contribution in [1.29, 1.82) is 0 Å². The van der Waals surface area contributed by atoms with Gasteiger partial charge in [0, 0.05) is 0 Å². The van der Waals surface area contributed by atoms with Gasteiger partial charge in [-0.1, -0.05) is 32.3 Å². The van der Waals surface area contributed by atoms with E-state index in [9.17, 15) is 0 Å². The molecule has 0 aliphatic carbocycles. The van der Waals surface area contributed by atoms with Gasteiger partial charge in [-0.15, -0.1) is 6.58 Å². The molecule has 0 aromatic carbocycles. The van der Waals surface area contributed by atoms with E-state index in [0.717, 1.165) is 0 Å². The standard InChI is InChI=1S/C12H25N/c1-3-5-7-8-9-10-12-13-11-6-4-2/h3,13H,1,4-12H2,2H3. The zero-order valence-electron chi connectivity index (χ0n) is 9.15. The fraction of sp³-hybridized carbons (Fsp3) is 0.833. The van der Waals surface area contributed by atoms with E-state index < -0.39 is 0 Å². The Hall–Kier alpha value is -0.300. The molecule has 0 aliphatic heterocycles. The molecule has 0 radical (unpaired) electrons. The first kappa shape index (κ1) is 12.7. The third-order valence-corrected chi connectivity index (χ3v) is 2.22. The van der Waals surface area contributed by atoms with Crippen molar-refractivity contribution in [2.45, 2.75) is 51.9 Å². The first-order valence-electron chi connectivity index (χ1n) is 5.73. The van der Waals surface area contributed by atoms with Crippen LogP contribution in [-0.2, 0) is 0 Å². The summed E-state index contributed by atoms with van der Waals surface area (Å²) in [7, 11) is 0. The molecule has 1 N–H and O–H groups in total. The predicted molar refractivity (Wildman–Crippen MR) is 61.1 cm³/mol. The molecule has 1 nitrogen and oxygen atoms in total. The second-order valence-electron chi connectivity index (χ2n) is 3.60. The number of allylic oxidation sites excluding steroid dienone is 1. The van der Waals surface area contributed by atoms with E-state index in [4.69, 9.17) is 0 Å². The van der Waals surface area contributed by atoms with Gasteiger partial charge >= 0.3 is 0 Å². The van der Waals surface area contributed by atoms with Gasteiger partial charge < -0.3 is 5.32 Å². The number of nitrogens with one attached hydrogen (secondary N) is 1. The molecule has 1 heteroatoms. The molecule has 0 atom stereocenters. The molecule has 0 aromatic rings. The molecular weight excluding hydrogens is 158 g/mol. The topological polar surface area (TPSA) is 12.0 Å². The van der Waals surface area contributed by atoms with Crippen molar-refractivity contribution >= 4 is 0 Å². The normalized spacial score (nSPS) is 10.2. The lowest BCUT2D eigenvalue weighted by Gasteiger charge is -2.02. The largest absolute Gasteiger partial charge is 0.317 e. The average molecular weight is 183 g/mol. The summed E-state index contributed by atoms with van der Waals surface area (Å²) in [5.74, 6) is 0. The van der Waals surface area contributed by atoms with Gasteiger partial charge in [-0.05, 0) is 38.8 Å². The predicted octanol–water partition coefficient (Wildman–Crippen LogP) is 3.51. The summed E-state index contributed by atoms with van der Waals surface area (Å²) in [6.45, 7) is 8.35. The number of unbranched alkanes of at least 4 members (excludes halogenated alkanes) is 5. The number of rotatable bonds is 10. The van der Waals surface area contributed by atoms with Gasteiger partial charge in [-0.25, -0.2) is 0 Å². The number of hydrogen-bond donors (Lipinski definition) is 1. The molecule has 0 unspecified atom stereocenters. The van der Waals surface area contributed by atoms with E-state index in [1.54, 1.807) is 0 Å². The van der Waals surface area contributed by atoms with Gasteiger partial charge in [0.25, 0.3) is 0 Å². The van der Waals surface area contributed by atoms with Crippen LogP contribution in [0.15, 0.2) is 12.7 Å². The van der Waals surface area contributed by atoms with E-state index in [0.29, 0.717) is 0 Å². The van der Waals surface area contributed by atoms with Crippen molar-refractivity contribution in [3.63, 3.8) is 0 Å². The Morgan fingerprint density at radius 2 is 1.69 bits per heavy atom. The molecule has 0 aliphatic rings. The highest BCUT2D eigenvalue weighted by Crippen LogP contribution is 2.02. The molecule has 0 saturated heterocycles. The van der Waals surface area contributed by atoms with Crippen LogP contribution in [0.4, 0.5) is 0 Å². The lowest BCUT2D eigenvalue weighted by Crippen LogP contribution is -2.16. The van der Waals surface area contributed by atoms with Gasteiger partial charge in [0.05, 0.1) is 0 Å². The van der Waals surface area contributed by atoms with Crippen LogP contribution in [0.2, 0.25) is 0 Å². The summed E-state index contributed by atoms with van der Waals surface area (Å²) in [5, 5.41) is 3.46. The quantitative estimate of drug-likeness (QED) is 0.404. The molecule has 0 aromatic heterocycles. The SMILES string of the molecule is C=CCCCCCCNCCCC. The van der Waals surface area contributed by atoms with E-state index >= 15 is 0 Å². The average Bonchev–Trinajstić information content (AvgIpc) is 2.16. The highest BCUT2D eigenvalue weighted by molar-refractivity contribution is 4.65. The molecule has 0 saturated carbocycles. The molecule has 0 fully saturated rings. The Morgan fingerprint density at radius 1 is 1.00 bits per heavy atom. The molecule has 0 amide bonds. The zero-order chi connectivity index (χ0) is 9.78. The maximum absolute atomic E-state index is 3.72. The van der Waals surface area contributed by atoms with Crippen LogP contribution >= 0.6 is 0 Å². The van der Waals surface area contributed by atoms with Crippen molar-refractivity contribution in [1.82, 2.24) is 5.32 Å². The second-order valence-corrected chi connectivity index (χ2v) is 3.60. The Morgan fingerprint density at radius 3 is 2.38 bits per heavy atom. The summed E-state index contributed by atoms with van der Waals surface area (Å²) in [5.41, 5.74) is 0. The van der Waals surface area contributed by atoms with Gasteiger partial charge in [0.1, 0.15) is 0 Å². The third kappa shape index (κ3) is 11.7. The van der Waals surface area contributed by atoms with Crippen LogP contribution in [0.5, 0.6) is 0 Å². The molecule has 78 valence electrons. The van der Waals surface area contributed by atoms with Crippen LogP contribution in [-0.4, -0.2) is 13.1 Å². The first-order chi connectivity index (χ1) is 6.41. The maximum Gasteiger partial charge on any atom is -0.00489 e. The van der Waals surface area contributed by atoms with Crippen LogP contribution in [0.25, 0.3) is 0 Å². The Labute approximate surface area is 83.6 Å². The highest BCUT2D eigenvalue weighted by Gasteiger charge is 1.89. The summed E-state index contributed by atoms with van der Waals surface area (Å²) in [6, 6.07) is 0. The maximum atomic E-state index is 3.72. The van der Waals surface area contributed by atoms with E-state index in [2.05, 4.69) is 18.8 Å². The third-order valence-electron chi connectivity index (χ3n) is 2.22. The van der Waals surface area contributed by atoms with Gasteiger partial charge in [-0.2, -0.15) is 0 Å². The first-order valence-corrected chi connectivity index (χ1v) is 5.73. The fourth-order valence-electron chi connectivity index (χ4n) is 1.32. The zero-order valence-corrected chi connectivity index (χ0v) is 9.15. The Balaban J connectivity index is 2.79. The van der Waals surface area contributed by atoms with E-state index in [1.807, 2.05) is 6.08 Å². The van der Waals surface area contributed by atoms with E-state index in [-0.39, 0.29) is 0 Å². The summed E-state index contributed by atoms with van der Waals surface area (Å²) in [6.07, 6.45) is 11.2. The van der Waals surface area contributed by atoms with Gasteiger partial charge in [0.2, 0.25) is 0 Å². The minimum atomic E-state index is 1.18. The fourth-order valence-corrected chi connectivity index (χ4v) is 1.32. The van der Waals surface area contributed by atoms with Crippen molar-refractivity contribution in [2.24, 2.45) is 0 Å². The molecule has 0 rings (SSSR count). The minimum Gasteiger partial charge on any atom is -0.317 e. The smallest absolute Gasteiger partial charge is 0.00489 e. The lowest BCUT2D eigenvalue weighted by molar-refractivity contribution is 0.576. The van der Waals surface area contributed by atoms with Crippen molar-refractivity contribution in [3.8, 4) is 0 Å². The minimum absolute atomic E-state index is 1.18. The molecule has 0 bridgehead atoms. The molecule has 0 heterocycles. The van der Waals surface area contributed by atoms with Crippen LogP contribution in [0.1, 0.15) is 51.9 Å². The summed E-state index contributed by atoms with van der Waals surface area (Å²) in [4.78, 5) is 0. The van der Waals surface area contributed by atoms with Crippen molar-refractivity contribution < 1.29 is 0 Å². The Kier molecular flexibility index (Phi) is 11.4. The van der Waals surface area contributed by atoms with Crippen LogP contribution < -0.4 is 5.32 Å². The van der Waals surface area contributed by atoms with Gasteiger partial charge in [0.15, 0.2) is 0 Å². The molecule has 13 heavy (non-hydrogen) atoms. The Bertz CT molecular complexity index is 99.3. The van der Waals surface area contributed by atoms with Gasteiger partial charge in [-0.3, -0.25) is 0 Å². The number of hydrogen-bond acceptors (Lipinski definition) is 1. The van der Waals surface area contributed by atoms with E-state index in [1.165, 1.54) is 58.0 Å². The van der Waals surface area contributed by atoms with Crippen LogP contribution in [0.3, 0.4) is 0 Å².